The summed E-state index contributed by atoms with van der Waals surface area (Å²) in [5, 5.41) is 4.68. The molecule has 0 spiro atoms. The van der Waals surface area contributed by atoms with Crippen LogP contribution in [0.3, 0.4) is 0 Å². The third-order valence-electron chi connectivity index (χ3n) is 7.13. The van der Waals surface area contributed by atoms with Crippen LogP contribution in [0.2, 0.25) is 0 Å². The Morgan fingerprint density at radius 3 is 2.11 bits per heavy atom. The summed E-state index contributed by atoms with van der Waals surface area (Å²) >= 11 is 0. The van der Waals surface area contributed by atoms with Crippen LogP contribution in [0.15, 0.2) is 59.7 Å². The summed E-state index contributed by atoms with van der Waals surface area (Å²) in [4.78, 5) is 13.3. The maximum atomic E-state index is 13.3. The lowest BCUT2D eigenvalue weighted by Gasteiger charge is -2.55. The minimum atomic E-state index is -0.174. The summed E-state index contributed by atoms with van der Waals surface area (Å²) in [7, 11) is 0. The molecule has 4 saturated carbocycles. The third-order valence-corrected chi connectivity index (χ3v) is 7.13. The number of nitrogens with zero attached hydrogens (tertiary/aromatic N) is 1. The van der Waals surface area contributed by atoms with Crippen LogP contribution in [-0.2, 0) is 4.79 Å². The molecule has 6 rings (SSSR count). The van der Waals surface area contributed by atoms with Crippen molar-refractivity contribution < 1.29 is 4.79 Å². The highest BCUT2D eigenvalue weighted by Crippen LogP contribution is 2.60. The van der Waals surface area contributed by atoms with Gasteiger partial charge in [-0.15, -0.1) is 0 Å². The Kier molecular flexibility index (Phi) is 4.34. The number of carbonyl (C=O) groups excluding carboxylic acids is 1. The zero-order valence-electron chi connectivity index (χ0n) is 16.5. The fourth-order valence-electron chi connectivity index (χ4n) is 6.30. The maximum absolute atomic E-state index is 13.3. The molecular weight excluding hydrogens is 344 g/mol. The lowest BCUT2D eigenvalue weighted by Crippen LogP contribution is -2.52. The molecule has 0 aromatic heterocycles. The smallest absolute Gasteiger partial charge is 0.246 e. The molecular formula is C25H28N2O. The van der Waals surface area contributed by atoms with Crippen molar-refractivity contribution in [1.29, 1.82) is 0 Å². The van der Waals surface area contributed by atoms with Gasteiger partial charge < -0.3 is 0 Å². The average Bonchev–Trinajstić information content (AvgIpc) is 2.68. The Balaban J connectivity index is 1.44. The fraction of sp³-hybridized carbons (Fsp3) is 0.440. The number of nitrogens with one attached hydrogen (secondary N) is 1. The van der Waals surface area contributed by atoms with E-state index in [2.05, 4.69) is 47.8 Å². The Morgan fingerprint density at radius 1 is 0.893 bits per heavy atom. The van der Waals surface area contributed by atoms with Crippen molar-refractivity contribution in [3.63, 3.8) is 0 Å². The van der Waals surface area contributed by atoms with Gasteiger partial charge in [-0.1, -0.05) is 54.1 Å². The molecule has 0 saturated heterocycles. The normalized spacial score (nSPS) is 31.0. The molecule has 0 heterocycles. The number of hydrogen-bond donors (Lipinski definition) is 1. The lowest BCUT2D eigenvalue weighted by atomic mass is 9.49. The van der Waals surface area contributed by atoms with Gasteiger partial charge in [0.1, 0.15) is 0 Å². The quantitative estimate of drug-likeness (QED) is 0.590. The fourth-order valence-corrected chi connectivity index (χ4v) is 6.30. The van der Waals surface area contributed by atoms with Crippen LogP contribution in [-0.4, -0.2) is 11.6 Å². The molecule has 144 valence electrons. The van der Waals surface area contributed by atoms with E-state index < -0.39 is 0 Å². The molecule has 0 radical (unpaired) electrons. The van der Waals surface area contributed by atoms with Crippen LogP contribution >= 0.6 is 0 Å². The van der Waals surface area contributed by atoms with Crippen LogP contribution in [0, 0.1) is 30.1 Å². The van der Waals surface area contributed by atoms with Crippen molar-refractivity contribution >= 4 is 11.6 Å². The van der Waals surface area contributed by atoms with Crippen molar-refractivity contribution in [2.24, 2.45) is 28.3 Å². The average molecular weight is 373 g/mol. The first-order valence-electron chi connectivity index (χ1n) is 10.6. The summed E-state index contributed by atoms with van der Waals surface area (Å²) in [6.07, 6.45) is 7.21. The molecule has 4 fully saturated rings. The second-order valence-corrected chi connectivity index (χ2v) is 9.33. The highest BCUT2D eigenvalue weighted by Gasteiger charge is 2.54. The molecule has 1 amide bonds. The van der Waals surface area contributed by atoms with Gasteiger partial charge >= 0.3 is 0 Å². The van der Waals surface area contributed by atoms with E-state index in [0.29, 0.717) is 0 Å². The number of hydrogen-bond acceptors (Lipinski definition) is 2. The number of amides is 1. The van der Waals surface area contributed by atoms with Crippen molar-refractivity contribution in [1.82, 2.24) is 5.43 Å². The summed E-state index contributed by atoms with van der Waals surface area (Å²) in [6, 6.07) is 18.5. The number of aryl methyl sites for hydroxylation is 1. The zero-order chi connectivity index (χ0) is 19.1. The first kappa shape index (κ1) is 17.7. The topological polar surface area (TPSA) is 41.5 Å². The van der Waals surface area contributed by atoms with E-state index in [1.54, 1.807) is 0 Å². The molecule has 4 bridgehead atoms. The molecule has 1 N–H and O–H groups in total. The van der Waals surface area contributed by atoms with Crippen molar-refractivity contribution in [3.8, 4) is 0 Å². The van der Waals surface area contributed by atoms with E-state index in [4.69, 9.17) is 0 Å². The molecule has 3 heteroatoms. The first-order valence-corrected chi connectivity index (χ1v) is 10.6. The summed E-state index contributed by atoms with van der Waals surface area (Å²) in [6.45, 7) is 2.08. The van der Waals surface area contributed by atoms with Crippen molar-refractivity contribution in [2.75, 3.05) is 0 Å². The van der Waals surface area contributed by atoms with E-state index in [0.717, 1.165) is 53.9 Å². The van der Waals surface area contributed by atoms with Gasteiger partial charge in [0.25, 0.3) is 0 Å². The molecule has 28 heavy (non-hydrogen) atoms. The first-order chi connectivity index (χ1) is 13.6. The predicted molar refractivity (Wildman–Crippen MR) is 112 cm³/mol. The van der Waals surface area contributed by atoms with Gasteiger partial charge in [-0.2, -0.15) is 5.10 Å². The molecule has 0 atom stereocenters. The highest BCUT2D eigenvalue weighted by atomic mass is 16.2. The molecule has 4 aliphatic carbocycles. The maximum Gasteiger partial charge on any atom is 0.246 e. The van der Waals surface area contributed by atoms with Crippen molar-refractivity contribution in [3.05, 3.63) is 71.3 Å². The third kappa shape index (κ3) is 3.17. The van der Waals surface area contributed by atoms with Gasteiger partial charge in [-0.05, 0) is 69.3 Å². The minimum absolute atomic E-state index is 0.146. The van der Waals surface area contributed by atoms with Gasteiger partial charge in [0.05, 0.1) is 11.1 Å². The Bertz CT molecular complexity index is 880. The molecule has 0 aliphatic heterocycles. The zero-order valence-corrected chi connectivity index (χ0v) is 16.5. The largest absolute Gasteiger partial charge is 0.273 e. The van der Waals surface area contributed by atoms with Gasteiger partial charge in [0, 0.05) is 11.1 Å². The highest BCUT2D eigenvalue weighted by molar-refractivity contribution is 6.13. The lowest BCUT2D eigenvalue weighted by molar-refractivity contribution is -0.146. The summed E-state index contributed by atoms with van der Waals surface area (Å²) in [5.74, 6) is 2.41. The van der Waals surface area contributed by atoms with Crippen LogP contribution in [0.5, 0.6) is 0 Å². The predicted octanol–water partition coefficient (Wildman–Crippen LogP) is 5.08. The second-order valence-electron chi connectivity index (χ2n) is 9.33. The van der Waals surface area contributed by atoms with Gasteiger partial charge in [-0.3, -0.25) is 4.79 Å². The van der Waals surface area contributed by atoms with E-state index in [9.17, 15) is 4.79 Å². The van der Waals surface area contributed by atoms with Crippen LogP contribution in [0.25, 0.3) is 0 Å². The molecule has 2 aromatic rings. The van der Waals surface area contributed by atoms with Gasteiger partial charge in [0.2, 0.25) is 5.91 Å². The minimum Gasteiger partial charge on any atom is -0.273 e. The number of carbonyl (C=O) groups is 1. The molecule has 2 aromatic carbocycles. The van der Waals surface area contributed by atoms with Gasteiger partial charge in [-0.25, -0.2) is 5.43 Å². The van der Waals surface area contributed by atoms with Crippen molar-refractivity contribution in [2.45, 2.75) is 45.4 Å². The number of rotatable bonds is 4. The number of benzene rings is 2. The van der Waals surface area contributed by atoms with Gasteiger partial charge in [0.15, 0.2) is 0 Å². The standard InChI is InChI=1S/C25H28N2O/c1-17-6-5-9-22(10-17)23(21-7-3-2-4-8-21)26-27-24(28)25-14-18-11-19(15-25)13-20(12-18)16-25/h2-10,18-20H,11-16H2,1H3,(H,27,28)/b26-23-. The monoisotopic (exact) mass is 372 g/mol. The molecule has 3 nitrogen and oxygen atoms in total. The SMILES string of the molecule is Cc1cccc(/C(=N\NC(=O)C23CC4CC(CC(C4)C2)C3)c2ccccc2)c1. The summed E-state index contributed by atoms with van der Waals surface area (Å²) < 4.78 is 0. The molecule has 0 unspecified atom stereocenters. The van der Waals surface area contributed by atoms with E-state index in [-0.39, 0.29) is 11.3 Å². The van der Waals surface area contributed by atoms with E-state index in [1.807, 2.05) is 24.3 Å². The number of hydrazone groups is 1. The Labute approximate surface area is 167 Å². The molecule has 4 aliphatic rings. The van der Waals surface area contributed by atoms with E-state index in [1.165, 1.54) is 24.8 Å². The Morgan fingerprint density at radius 2 is 1.50 bits per heavy atom. The Hall–Kier alpha value is -2.42. The van der Waals surface area contributed by atoms with Crippen LogP contribution in [0.1, 0.15) is 55.2 Å². The van der Waals surface area contributed by atoms with E-state index >= 15 is 0 Å². The van der Waals surface area contributed by atoms with Crippen LogP contribution in [0.4, 0.5) is 0 Å². The second kappa shape index (κ2) is 6.88. The van der Waals surface area contributed by atoms with Crippen LogP contribution < -0.4 is 5.43 Å². The summed E-state index contributed by atoms with van der Waals surface area (Å²) in [5.41, 5.74) is 6.92.